The summed E-state index contributed by atoms with van der Waals surface area (Å²) in [5.41, 5.74) is 2.65. The van der Waals surface area contributed by atoms with Gasteiger partial charge in [-0.1, -0.05) is 0 Å². The van der Waals surface area contributed by atoms with E-state index in [1.54, 1.807) is 0 Å². The molecule has 0 amide bonds. The van der Waals surface area contributed by atoms with Gasteiger partial charge < -0.3 is 5.32 Å². The van der Waals surface area contributed by atoms with Crippen LogP contribution < -0.4 is 5.32 Å². The van der Waals surface area contributed by atoms with E-state index < -0.39 is 0 Å². The highest BCUT2D eigenvalue weighted by Gasteiger charge is 2.23. The number of hydrogen-bond acceptors (Lipinski definition) is 4. The van der Waals surface area contributed by atoms with Crippen molar-refractivity contribution in [3.63, 3.8) is 0 Å². The molecular weight excluding hydrogens is 272 g/mol. The topological polar surface area (TPSA) is 41.0 Å². The summed E-state index contributed by atoms with van der Waals surface area (Å²) in [6.45, 7) is 4.08. The molecule has 1 aliphatic heterocycles. The maximum absolute atomic E-state index is 4.10. The SMILES string of the molecule is Cl.c1cc(CN2CCNCC2c2ccncc2)ccn1. The fraction of sp³-hybridized carbons (Fsp3) is 0.333. The Morgan fingerprint density at radius 2 is 1.70 bits per heavy atom. The van der Waals surface area contributed by atoms with Crippen LogP contribution in [0.4, 0.5) is 0 Å². The molecule has 4 nitrogen and oxygen atoms in total. The van der Waals surface area contributed by atoms with E-state index >= 15 is 0 Å². The highest BCUT2D eigenvalue weighted by atomic mass is 35.5. The summed E-state index contributed by atoms with van der Waals surface area (Å²) in [5.74, 6) is 0. The van der Waals surface area contributed by atoms with E-state index in [9.17, 15) is 0 Å². The van der Waals surface area contributed by atoms with Crippen molar-refractivity contribution in [2.24, 2.45) is 0 Å². The quantitative estimate of drug-likeness (QED) is 0.939. The summed E-state index contributed by atoms with van der Waals surface area (Å²) in [6, 6.07) is 8.82. The molecule has 1 saturated heterocycles. The molecule has 0 aromatic carbocycles. The number of nitrogens with one attached hydrogen (secondary N) is 1. The summed E-state index contributed by atoms with van der Waals surface area (Å²) in [4.78, 5) is 10.7. The molecule has 106 valence electrons. The van der Waals surface area contributed by atoms with Crippen molar-refractivity contribution in [2.75, 3.05) is 19.6 Å². The second-order valence-electron chi connectivity index (χ2n) is 4.83. The first-order valence-corrected chi connectivity index (χ1v) is 6.67. The monoisotopic (exact) mass is 290 g/mol. The van der Waals surface area contributed by atoms with Gasteiger partial charge >= 0.3 is 0 Å². The normalized spacial score (nSPS) is 19.3. The van der Waals surface area contributed by atoms with Crippen LogP contribution in [0.5, 0.6) is 0 Å². The van der Waals surface area contributed by atoms with Crippen molar-refractivity contribution in [1.29, 1.82) is 0 Å². The maximum Gasteiger partial charge on any atom is 0.0477 e. The maximum atomic E-state index is 4.10. The Bertz CT molecular complexity index is 506. The number of piperazine rings is 1. The molecule has 0 saturated carbocycles. The van der Waals surface area contributed by atoms with Crippen LogP contribution in [-0.2, 0) is 6.54 Å². The predicted molar refractivity (Wildman–Crippen MR) is 81.7 cm³/mol. The lowest BCUT2D eigenvalue weighted by Crippen LogP contribution is -2.45. The fourth-order valence-corrected chi connectivity index (χ4v) is 2.57. The van der Waals surface area contributed by atoms with E-state index in [2.05, 4.69) is 44.5 Å². The van der Waals surface area contributed by atoms with Crippen LogP contribution in [-0.4, -0.2) is 34.5 Å². The predicted octanol–water partition coefficient (Wildman–Crippen LogP) is 2.04. The average Bonchev–Trinajstić information content (AvgIpc) is 2.50. The number of halogens is 1. The van der Waals surface area contributed by atoms with Gasteiger partial charge in [-0.3, -0.25) is 14.9 Å². The van der Waals surface area contributed by atoms with Crippen molar-refractivity contribution in [3.05, 3.63) is 60.2 Å². The van der Waals surface area contributed by atoms with E-state index in [0.29, 0.717) is 6.04 Å². The standard InChI is InChI=1S/C15H18N4.ClH/c1-5-16-6-2-13(1)12-19-10-9-18-11-15(19)14-3-7-17-8-4-14;/h1-8,15,18H,9-12H2;1H. The van der Waals surface area contributed by atoms with Crippen molar-refractivity contribution in [1.82, 2.24) is 20.2 Å². The van der Waals surface area contributed by atoms with E-state index in [1.165, 1.54) is 11.1 Å². The van der Waals surface area contributed by atoms with E-state index in [4.69, 9.17) is 0 Å². The Labute approximate surface area is 125 Å². The van der Waals surface area contributed by atoms with Crippen molar-refractivity contribution in [2.45, 2.75) is 12.6 Å². The van der Waals surface area contributed by atoms with E-state index in [0.717, 1.165) is 26.2 Å². The summed E-state index contributed by atoms with van der Waals surface area (Å²) in [7, 11) is 0. The Morgan fingerprint density at radius 3 is 2.40 bits per heavy atom. The molecule has 0 spiro atoms. The lowest BCUT2D eigenvalue weighted by Gasteiger charge is -2.36. The van der Waals surface area contributed by atoms with Gasteiger partial charge in [-0.25, -0.2) is 0 Å². The minimum absolute atomic E-state index is 0. The van der Waals surface area contributed by atoms with Crippen LogP contribution in [0.2, 0.25) is 0 Å². The lowest BCUT2D eigenvalue weighted by molar-refractivity contribution is 0.153. The number of aromatic nitrogens is 2. The third kappa shape index (κ3) is 3.54. The number of pyridine rings is 2. The van der Waals surface area contributed by atoms with Gasteiger partial charge in [0.1, 0.15) is 0 Å². The second kappa shape index (κ2) is 7.33. The lowest BCUT2D eigenvalue weighted by atomic mass is 10.0. The summed E-state index contributed by atoms with van der Waals surface area (Å²) < 4.78 is 0. The average molecular weight is 291 g/mol. The molecule has 20 heavy (non-hydrogen) atoms. The third-order valence-corrected chi connectivity index (χ3v) is 3.58. The highest BCUT2D eigenvalue weighted by Crippen LogP contribution is 2.23. The first-order chi connectivity index (χ1) is 9.43. The zero-order chi connectivity index (χ0) is 12.9. The van der Waals surface area contributed by atoms with Gasteiger partial charge in [0.05, 0.1) is 0 Å². The Hall–Kier alpha value is -1.49. The van der Waals surface area contributed by atoms with Crippen molar-refractivity contribution < 1.29 is 0 Å². The highest BCUT2D eigenvalue weighted by molar-refractivity contribution is 5.85. The molecule has 3 rings (SSSR count). The van der Waals surface area contributed by atoms with Gasteiger partial charge in [-0.15, -0.1) is 12.4 Å². The molecule has 1 fully saturated rings. The fourth-order valence-electron chi connectivity index (χ4n) is 2.57. The van der Waals surface area contributed by atoms with Crippen LogP contribution in [0.1, 0.15) is 17.2 Å². The van der Waals surface area contributed by atoms with Gasteiger partial charge in [0, 0.05) is 57.0 Å². The Kier molecular flexibility index (Phi) is 5.47. The smallest absolute Gasteiger partial charge is 0.0477 e. The van der Waals surface area contributed by atoms with Gasteiger partial charge in [-0.2, -0.15) is 0 Å². The zero-order valence-electron chi connectivity index (χ0n) is 11.3. The van der Waals surface area contributed by atoms with E-state index in [1.807, 2.05) is 24.8 Å². The number of hydrogen-bond donors (Lipinski definition) is 1. The summed E-state index contributed by atoms with van der Waals surface area (Å²) in [5, 5.41) is 3.47. The molecule has 2 aromatic rings. The first-order valence-electron chi connectivity index (χ1n) is 6.67. The van der Waals surface area contributed by atoms with Crippen LogP contribution >= 0.6 is 12.4 Å². The van der Waals surface area contributed by atoms with Crippen LogP contribution in [0.15, 0.2) is 49.1 Å². The molecule has 1 unspecified atom stereocenters. The molecule has 1 atom stereocenters. The minimum Gasteiger partial charge on any atom is -0.314 e. The molecule has 0 aliphatic carbocycles. The molecule has 5 heteroatoms. The van der Waals surface area contributed by atoms with E-state index in [-0.39, 0.29) is 12.4 Å². The summed E-state index contributed by atoms with van der Waals surface area (Å²) >= 11 is 0. The number of nitrogens with zero attached hydrogens (tertiary/aromatic N) is 3. The van der Waals surface area contributed by atoms with Crippen LogP contribution in [0.3, 0.4) is 0 Å². The molecular formula is C15H19ClN4. The molecule has 0 radical (unpaired) electrons. The van der Waals surface area contributed by atoms with Gasteiger partial charge in [0.15, 0.2) is 0 Å². The van der Waals surface area contributed by atoms with Crippen LogP contribution in [0, 0.1) is 0 Å². The molecule has 3 heterocycles. The number of rotatable bonds is 3. The third-order valence-electron chi connectivity index (χ3n) is 3.58. The van der Waals surface area contributed by atoms with Gasteiger partial charge in [0.2, 0.25) is 0 Å². The van der Waals surface area contributed by atoms with Crippen molar-refractivity contribution >= 4 is 12.4 Å². The second-order valence-corrected chi connectivity index (χ2v) is 4.83. The zero-order valence-corrected chi connectivity index (χ0v) is 12.1. The molecule has 2 aromatic heterocycles. The molecule has 0 bridgehead atoms. The molecule has 1 aliphatic rings. The first kappa shape index (κ1) is 14.9. The Balaban J connectivity index is 0.00000147. The van der Waals surface area contributed by atoms with Crippen LogP contribution in [0.25, 0.3) is 0 Å². The summed E-state index contributed by atoms with van der Waals surface area (Å²) in [6.07, 6.45) is 7.46. The van der Waals surface area contributed by atoms with Gasteiger partial charge in [-0.05, 0) is 35.4 Å². The largest absolute Gasteiger partial charge is 0.314 e. The van der Waals surface area contributed by atoms with Gasteiger partial charge in [0.25, 0.3) is 0 Å². The Morgan fingerprint density at radius 1 is 1.05 bits per heavy atom. The minimum atomic E-state index is 0. The van der Waals surface area contributed by atoms with Crippen molar-refractivity contribution in [3.8, 4) is 0 Å². The molecule has 1 N–H and O–H groups in total.